The van der Waals surface area contributed by atoms with Crippen molar-refractivity contribution in [1.82, 2.24) is 4.98 Å². The van der Waals surface area contributed by atoms with E-state index in [1.54, 1.807) is 0 Å². The summed E-state index contributed by atoms with van der Waals surface area (Å²) in [5, 5.41) is 0. The number of nitrogens with zero attached hydrogens (tertiary/aromatic N) is 1. The predicted octanol–water partition coefficient (Wildman–Crippen LogP) is 2.84. The van der Waals surface area contributed by atoms with Crippen LogP contribution >= 0.6 is 0 Å². The summed E-state index contributed by atoms with van der Waals surface area (Å²) in [7, 11) is 0. The maximum atomic E-state index is 12.4. The number of halogens is 6. The van der Waals surface area contributed by atoms with E-state index in [2.05, 4.69) is 9.72 Å². The molecule has 0 radical (unpaired) electrons. The molecule has 1 rings (SSSR count). The molecule has 0 atom stereocenters. The third-order valence-corrected chi connectivity index (χ3v) is 1.35. The second-order valence-electron chi connectivity index (χ2n) is 2.38. The van der Waals surface area contributed by atoms with Crippen LogP contribution in [0.3, 0.4) is 0 Å². The van der Waals surface area contributed by atoms with Gasteiger partial charge in [-0.05, 0) is 0 Å². The molecule has 0 aliphatic heterocycles. The van der Waals surface area contributed by atoms with Gasteiger partial charge in [0.2, 0.25) is 5.95 Å². The molecule has 0 N–H and O–H groups in total. The second kappa shape index (κ2) is 3.95. The van der Waals surface area contributed by atoms with Gasteiger partial charge in [0.25, 0.3) is 0 Å². The zero-order valence-corrected chi connectivity index (χ0v) is 6.86. The Kier molecular flexibility index (Phi) is 3.06. The number of aromatic nitrogens is 1. The minimum absolute atomic E-state index is 0.0903. The number of ether oxygens (including phenoxy) is 1. The van der Waals surface area contributed by atoms with Crippen molar-refractivity contribution in [3.63, 3.8) is 0 Å². The quantitative estimate of drug-likeness (QED) is 0.576. The molecule has 0 unspecified atom stereocenters. The van der Waals surface area contributed by atoms with Crippen molar-refractivity contribution in [2.75, 3.05) is 0 Å². The van der Waals surface area contributed by atoms with Gasteiger partial charge >= 0.3 is 12.8 Å². The van der Waals surface area contributed by atoms with Crippen LogP contribution in [0.4, 0.5) is 26.3 Å². The van der Waals surface area contributed by atoms with Gasteiger partial charge in [-0.15, -0.1) is 0 Å². The van der Waals surface area contributed by atoms with Crippen LogP contribution in [0.15, 0.2) is 12.3 Å². The molecule has 0 fully saturated rings. The van der Waals surface area contributed by atoms with Gasteiger partial charge in [-0.1, -0.05) is 0 Å². The standard InChI is InChI=1S/C7H3F6NO/c8-5-1-4(15-6(9)10)3(2-14-5)7(11,12)13/h1-2,6H. The molecule has 0 aliphatic carbocycles. The minimum Gasteiger partial charge on any atom is -0.434 e. The van der Waals surface area contributed by atoms with E-state index in [1.165, 1.54) is 0 Å². The van der Waals surface area contributed by atoms with Gasteiger partial charge < -0.3 is 4.74 Å². The molecule has 0 amide bonds. The van der Waals surface area contributed by atoms with Crippen LogP contribution < -0.4 is 4.74 Å². The van der Waals surface area contributed by atoms with E-state index in [0.29, 0.717) is 0 Å². The van der Waals surface area contributed by atoms with E-state index in [4.69, 9.17) is 0 Å². The zero-order valence-electron chi connectivity index (χ0n) is 6.86. The van der Waals surface area contributed by atoms with Gasteiger partial charge in [0, 0.05) is 12.3 Å². The average Bonchev–Trinajstić information content (AvgIpc) is 1.99. The average molecular weight is 231 g/mol. The van der Waals surface area contributed by atoms with Crippen LogP contribution in [0, 0.1) is 5.95 Å². The van der Waals surface area contributed by atoms with E-state index < -0.39 is 30.0 Å². The summed E-state index contributed by atoms with van der Waals surface area (Å²) < 4.78 is 75.7. The smallest absolute Gasteiger partial charge is 0.421 e. The van der Waals surface area contributed by atoms with Crippen LogP contribution in [-0.2, 0) is 6.18 Å². The van der Waals surface area contributed by atoms with E-state index in [9.17, 15) is 26.3 Å². The molecule has 1 heterocycles. The molecule has 0 saturated carbocycles. The van der Waals surface area contributed by atoms with Gasteiger partial charge in [-0.3, -0.25) is 0 Å². The maximum absolute atomic E-state index is 12.4. The highest BCUT2D eigenvalue weighted by molar-refractivity contribution is 5.32. The number of pyridine rings is 1. The predicted molar refractivity (Wildman–Crippen MR) is 35.8 cm³/mol. The highest BCUT2D eigenvalue weighted by Crippen LogP contribution is 2.36. The van der Waals surface area contributed by atoms with Crippen molar-refractivity contribution in [2.24, 2.45) is 0 Å². The lowest BCUT2D eigenvalue weighted by molar-refractivity contribution is -0.142. The zero-order chi connectivity index (χ0) is 11.6. The Morgan fingerprint density at radius 2 is 1.87 bits per heavy atom. The lowest BCUT2D eigenvalue weighted by atomic mass is 10.2. The Morgan fingerprint density at radius 3 is 2.33 bits per heavy atom. The lowest BCUT2D eigenvalue weighted by Gasteiger charge is -2.12. The third kappa shape index (κ3) is 3.00. The van der Waals surface area contributed by atoms with Gasteiger partial charge in [-0.2, -0.15) is 26.3 Å². The summed E-state index contributed by atoms with van der Waals surface area (Å²) in [6, 6.07) is 0.148. The summed E-state index contributed by atoms with van der Waals surface area (Å²) in [4.78, 5) is 2.70. The topological polar surface area (TPSA) is 22.1 Å². The molecule has 0 saturated heterocycles. The molecule has 0 spiro atoms. The molecule has 15 heavy (non-hydrogen) atoms. The number of alkyl halides is 5. The molecule has 0 aliphatic rings. The molecule has 1 aromatic heterocycles. The van der Waals surface area contributed by atoms with Crippen LogP contribution in [0.5, 0.6) is 5.75 Å². The van der Waals surface area contributed by atoms with Crippen molar-refractivity contribution < 1.29 is 31.1 Å². The highest BCUT2D eigenvalue weighted by Gasteiger charge is 2.35. The summed E-state index contributed by atoms with van der Waals surface area (Å²) in [5.74, 6) is -2.62. The lowest BCUT2D eigenvalue weighted by Crippen LogP contribution is -2.12. The van der Waals surface area contributed by atoms with Gasteiger partial charge in [-0.25, -0.2) is 4.98 Å². The van der Waals surface area contributed by atoms with Crippen molar-refractivity contribution in [1.29, 1.82) is 0 Å². The largest absolute Gasteiger partial charge is 0.434 e. The number of hydrogen-bond acceptors (Lipinski definition) is 2. The normalized spacial score (nSPS) is 11.9. The first-order valence-corrected chi connectivity index (χ1v) is 3.48. The van der Waals surface area contributed by atoms with Crippen molar-refractivity contribution in [3.8, 4) is 5.75 Å². The van der Waals surface area contributed by atoms with E-state index in [0.717, 1.165) is 0 Å². The van der Waals surface area contributed by atoms with Gasteiger partial charge in [0.15, 0.2) is 0 Å². The maximum Gasteiger partial charge on any atom is 0.421 e. The SMILES string of the molecule is Fc1cc(OC(F)F)c(C(F)(F)F)cn1. The first-order chi connectivity index (χ1) is 6.80. The Bertz CT molecular complexity index is 350. The molecular formula is C7H3F6NO. The molecular weight excluding hydrogens is 228 g/mol. The molecule has 0 bridgehead atoms. The number of hydrogen-bond donors (Lipinski definition) is 0. The summed E-state index contributed by atoms with van der Waals surface area (Å²) in [6.07, 6.45) is -4.84. The Morgan fingerprint density at radius 1 is 1.27 bits per heavy atom. The van der Waals surface area contributed by atoms with E-state index in [1.807, 2.05) is 0 Å². The third-order valence-electron chi connectivity index (χ3n) is 1.35. The van der Waals surface area contributed by atoms with Crippen molar-refractivity contribution >= 4 is 0 Å². The molecule has 2 nitrogen and oxygen atoms in total. The van der Waals surface area contributed by atoms with E-state index in [-0.39, 0.29) is 12.3 Å². The monoisotopic (exact) mass is 231 g/mol. The molecule has 8 heteroatoms. The molecule has 0 aromatic carbocycles. The molecule has 84 valence electrons. The fourth-order valence-electron chi connectivity index (χ4n) is 0.819. The van der Waals surface area contributed by atoms with Crippen LogP contribution in [-0.4, -0.2) is 11.6 Å². The van der Waals surface area contributed by atoms with Crippen molar-refractivity contribution in [2.45, 2.75) is 12.8 Å². The van der Waals surface area contributed by atoms with Crippen LogP contribution in [0.2, 0.25) is 0 Å². The Balaban J connectivity index is 3.15. The van der Waals surface area contributed by atoms with Gasteiger partial charge in [0.1, 0.15) is 11.3 Å². The Hall–Kier alpha value is -1.47. The highest BCUT2D eigenvalue weighted by atomic mass is 19.4. The molecule has 1 aromatic rings. The summed E-state index contributed by atoms with van der Waals surface area (Å²) in [5.41, 5.74) is -1.55. The number of rotatable bonds is 2. The van der Waals surface area contributed by atoms with Crippen LogP contribution in [0.1, 0.15) is 5.56 Å². The Labute approximate surface area is 79.5 Å². The second-order valence-corrected chi connectivity index (χ2v) is 2.38. The van der Waals surface area contributed by atoms with Crippen molar-refractivity contribution in [3.05, 3.63) is 23.8 Å². The fourth-order valence-corrected chi connectivity index (χ4v) is 0.819. The van der Waals surface area contributed by atoms with Gasteiger partial charge in [0.05, 0.1) is 0 Å². The first-order valence-electron chi connectivity index (χ1n) is 3.48. The first kappa shape index (κ1) is 11.6. The van der Waals surface area contributed by atoms with E-state index >= 15 is 0 Å². The summed E-state index contributed by atoms with van der Waals surface area (Å²) in [6.45, 7) is -3.46. The summed E-state index contributed by atoms with van der Waals surface area (Å²) >= 11 is 0. The fraction of sp³-hybridized carbons (Fsp3) is 0.286. The minimum atomic E-state index is -4.93. The van der Waals surface area contributed by atoms with Crippen LogP contribution in [0.25, 0.3) is 0 Å².